The second-order valence-corrected chi connectivity index (χ2v) is 7.24. The van der Waals surface area contributed by atoms with Crippen molar-refractivity contribution in [3.05, 3.63) is 35.0 Å². The minimum Gasteiger partial charge on any atom is -0.312 e. The molecule has 20 heavy (non-hydrogen) atoms. The first-order valence-electron chi connectivity index (χ1n) is 7.53. The van der Waals surface area contributed by atoms with Crippen molar-refractivity contribution in [1.29, 1.82) is 0 Å². The van der Waals surface area contributed by atoms with Gasteiger partial charge in [0.15, 0.2) is 0 Å². The molecule has 0 bridgehead atoms. The molecule has 1 aliphatic carbocycles. The van der Waals surface area contributed by atoms with Crippen molar-refractivity contribution in [1.82, 2.24) is 5.32 Å². The van der Waals surface area contributed by atoms with Crippen molar-refractivity contribution >= 4 is 21.4 Å². The van der Waals surface area contributed by atoms with Crippen LogP contribution in [0.1, 0.15) is 43.5 Å². The fourth-order valence-electron chi connectivity index (χ4n) is 3.58. The molecule has 1 N–H and O–H groups in total. The molecule has 3 rings (SSSR count). The Morgan fingerprint density at radius 2 is 2.15 bits per heavy atom. The Hall–Kier alpha value is -0.930. The minimum atomic E-state index is -0.144. The molecule has 108 valence electrons. The summed E-state index contributed by atoms with van der Waals surface area (Å²) in [5, 5.41) is 4.54. The second kappa shape index (κ2) is 5.82. The molecule has 1 saturated carbocycles. The number of nitrogens with one attached hydrogen (secondary N) is 1. The third kappa shape index (κ3) is 2.75. The van der Waals surface area contributed by atoms with Crippen molar-refractivity contribution in [2.45, 2.75) is 38.6 Å². The molecule has 1 nitrogen and oxygen atoms in total. The molecule has 2 aromatic rings. The normalized spacial score (nSPS) is 24.9. The predicted octanol–water partition coefficient (Wildman–Crippen LogP) is 5.13. The highest BCUT2D eigenvalue weighted by molar-refractivity contribution is 7.19. The van der Waals surface area contributed by atoms with Gasteiger partial charge in [-0.25, -0.2) is 4.39 Å². The average molecular weight is 291 g/mol. The number of hydrogen-bond donors (Lipinski definition) is 1. The van der Waals surface area contributed by atoms with Crippen molar-refractivity contribution in [3.63, 3.8) is 0 Å². The number of thiophene rings is 1. The van der Waals surface area contributed by atoms with Gasteiger partial charge in [0, 0.05) is 15.6 Å². The molecule has 0 radical (unpaired) electrons. The van der Waals surface area contributed by atoms with Gasteiger partial charge in [-0.3, -0.25) is 0 Å². The molecule has 3 atom stereocenters. The van der Waals surface area contributed by atoms with Crippen molar-refractivity contribution in [2.24, 2.45) is 11.8 Å². The lowest BCUT2D eigenvalue weighted by atomic mass is 9.78. The largest absolute Gasteiger partial charge is 0.312 e. The zero-order chi connectivity index (χ0) is 14.1. The van der Waals surface area contributed by atoms with Gasteiger partial charge in [0.2, 0.25) is 0 Å². The van der Waals surface area contributed by atoms with Gasteiger partial charge < -0.3 is 5.32 Å². The SMILES string of the molecule is CNC(c1cc2cc(F)ccc2s1)C1CCCC(C)C1. The summed E-state index contributed by atoms with van der Waals surface area (Å²) in [5.41, 5.74) is 0. The van der Waals surface area contributed by atoms with E-state index in [0.29, 0.717) is 12.0 Å². The Morgan fingerprint density at radius 3 is 2.90 bits per heavy atom. The lowest BCUT2D eigenvalue weighted by molar-refractivity contribution is 0.232. The maximum atomic E-state index is 13.3. The molecule has 0 amide bonds. The summed E-state index contributed by atoms with van der Waals surface area (Å²) < 4.78 is 14.5. The van der Waals surface area contributed by atoms with Crippen molar-refractivity contribution < 1.29 is 4.39 Å². The quantitative estimate of drug-likeness (QED) is 0.827. The summed E-state index contributed by atoms with van der Waals surface area (Å²) in [5.74, 6) is 1.40. The van der Waals surface area contributed by atoms with Crippen LogP contribution < -0.4 is 5.32 Å². The third-order valence-corrected chi connectivity index (χ3v) is 5.76. The van der Waals surface area contributed by atoms with Crippen LogP contribution in [-0.2, 0) is 0 Å². The zero-order valence-electron chi connectivity index (χ0n) is 12.2. The van der Waals surface area contributed by atoms with Gasteiger partial charge in [0.1, 0.15) is 5.82 Å². The lowest BCUT2D eigenvalue weighted by Crippen LogP contribution is -2.28. The maximum absolute atomic E-state index is 13.3. The fraction of sp³-hybridized carbons (Fsp3) is 0.529. The van der Waals surface area contributed by atoms with E-state index in [1.807, 2.05) is 6.07 Å². The van der Waals surface area contributed by atoms with Crippen LogP contribution in [0.4, 0.5) is 4.39 Å². The smallest absolute Gasteiger partial charge is 0.123 e. The van der Waals surface area contributed by atoms with Gasteiger partial charge in [0.25, 0.3) is 0 Å². The Bertz CT molecular complexity index is 592. The first kappa shape index (κ1) is 14.0. The number of rotatable bonds is 3. The molecule has 0 spiro atoms. The van der Waals surface area contributed by atoms with E-state index in [-0.39, 0.29) is 5.82 Å². The van der Waals surface area contributed by atoms with Crippen LogP contribution in [0.15, 0.2) is 24.3 Å². The van der Waals surface area contributed by atoms with E-state index in [0.717, 1.165) is 11.3 Å². The van der Waals surface area contributed by atoms with Crippen LogP contribution in [0.2, 0.25) is 0 Å². The molecular weight excluding hydrogens is 269 g/mol. The summed E-state index contributed by atoms with van der Waals surface area (Å²) in [6.07, 6.45) is 5.31. The molecule has 1 heterocycles. The summed E-state index contributed by atoms with van der Waals surface area (Å²) in [7, 11) is 2.05. The molecule has 3 heteroatoms. The summed E-state index contributed by atoms with van der Waals surface area (Å²) in [6, 6.07) is 7.68. The fourth-order valence-corrected chi connectivity index (χ4v) is 4.83. The van der Waals surface area contributed by atoms with E-state index in [4.69, 9.17) is 0 Å². The molecule has 1 fully saturated rings. The maximum Gasteiger partial charge on any atom is 0.123 e. The number of hydrogen-bond acceptors (Lipinski definition) is 2. The van der Waals surface area contributed by atoms with E-state index in [2.05, 4.69) is 25.4 Å². The highest BCUT2D eigenvalue weighted by Crippen LogP contribution is 2.40. The van der Waals surface area contributed by atoms with E-state index >= 15 is 0 Å². The van der Waals surface area contributed by atoms with Gasteiger partial charge in [-0.2, -0.15) is 0 Å². The van der Waals surface area contributed by atoms with E-state index in [9.17, 15) is 4.39 Å². The lowest BCUT2D eigenvalue weighted by Gasteiger charge is -2.32. The molecule has 1 aromatic heterocycles. The summed E-state index contributed by atoms with van der Waals surface area (Å²) in [4.78, 5) is 1.35. The van der Waals surface area contributed by atoms with E-state index < -0.39 is 0 Å². The van der Waals surface area contributed by atoms with Gasteiger partial charge in [0.05, 0.1) is 0 Å². The van der Waals surface area contributed by atoms with Gasteiger partial charge >= 0.3 is 0 Å². The van der Waals surface area contributed by atoms with E-state index in [1.165, 1.54) is 35.3 Å². The Kier molecular flexibility index (Phi) is 4.08. The first-order chi connectivity index (χ1) is 9.67. The molecule has 0 saturated heterocycles. The first-order valence-corrected chi connectivity index (χ1v) is 8.35. The number of fused-ring (bicyclic) bond motifs is 1. The zero-order valence-corrected chi connectivity index (χ0v) is 13.0. The van der Waals surface area contributed by atoms with Gasteiger partial charge in [-0.15, -0.1) is 11.3 Å². The summed E-state index contributed by atoms with van der Waals surface area (Å²) >= 11 is 1.80. The molecule has 0 aliphatic heterocycles. The molecular formula is C17H22FNS. The Labute approximate surface area is 124 Å². The van der Waals surface area contributed by atoms with Crippen molar-refractivity contribution in [2.75, 3.05) is 7.05 Å². The monoisotopic (exact) mass is 291 g/mol. The average Bonchev–Trinajstić information content (AvgIpc) is 2.82. The molecule has 1 aliphatic rings. The Morgan fingerprint density at radius 1 is 1.30 bits per heavy atom. The highest BCUT2D eigenvalue weighted by atomic mass is 32.1. The van der Waals surface area contributed by atoms with Gasteiger partial charge in [-0.05, 0) is 61.4 Å². The number of benzene rings is 1. The van der Waals surface area contributed by atoms with Crippen LogP contribution >= 0.6 is 11.3 Å². The van der Waals surface area contributed by atoms with Crippen LogP contribution in [0.25, 0.3) is 10.1 Å². The Balaban J connectivity index is 1.90. The predicted molar refractivity (Wildman–Crippen MR) is 84.7 cm³/mol. The van der Waals surface area contributed by atoms with Crippen LogP contribution in [0, 0.1) is 17.7 Å². The molecule has 3 unspecified atom stereocenters. The standard InChI is InChI=1S/C17H22FNS/c1-11-4-3-5-12(8-11)17(19-2)16-10-13-9-14(18)6-7-15(13)20-16/h6-7,9-12,17,19H,3-5,8H2,1-2H3. The third-order valence-electron chi connectivity index (χ3n) is 4.56. The topological polar surface area (TPSA) is 12.0 Å². The minimum absolute atomic E-state index is 0.144. The summed E-state index contributed by atoms with van der Waals surface area (Å²) in [6.45, 7) is 2.36. The van der Waals surface area contributed by atoms with Crippen LogP contribution in [0.5, 0.6) is 0 Å². The van der Waals surface area contributed by atoms with Crippen LogP contribution in [-0.4, -0.2) is 7.05 Å². The molecule has 1 aromatic carbocycles. The van der Waals surface area contributed by atoms with Crippen molar-refractivity contribution in [3.8, 4) is 0 Å². The van der Waals surface area contributed by atoms with Crippen LogP contribution in [0.3, 0.4) is 0 Å². The number of halogens is 1. The van der Waals surface area contributed by atoms with Gasteiger partial charge in [-0.1, -0.05) is 19.8 Å². The second-order valence-electron chi connectivity index (χ2n) is 6.13. The van der Waals surface area contributed by atoms with E-state index in [1.54, 1.807) is 23.5 Å². The highest BCUT2D eigenvalue weighted by Gasteiger charge is 2.27.